The van der Waals surface area contributed by atoms with Crippen LogP contribution in [0.5, 0.6) is 5.75 Å². The molecule has 1 aliphatic heterocycles. The Balaban J connectivity index is 1.62. The molecular weight excluding hydrogens is 395 g/mol. The maximum absolute atomic E-state index is 12.5. The number of urea groups is 1. The first-order valence-corrected chi connectivity index (χ1v) is 9.18. The fourth-order valence-electron chi connectivity index (χ4n) is 3.27. The third-order valence-corrected chi connectivity index (χ3v) is 4.78. The van der Waals surface area contributed by atoms with Gasteiger partial charge in [-0.1, -0.05) is 17.7 Å². The number of rotatable bonds is 4. The average Bonchev–Trinajstić information content (AvgIpc) is 2.64. The van der Waals surface area contributed by atoms with Crippen molar-refractivity contribution in [1.82, 2.24) is 9.88 Å². The molecule has 1 aromatic carbocycles. The first kappa shape index (κ1) is 20.3. The Kier molecular flexibility index (Phi) is 6.28. The molecule has 2 amide bonds. The van der Waals surface area contributed by atoms with E-state index < -0.39 is 12.1 Å². The van der Waals surface area contributed by atoms with E-state index in [0.29, 0.717) is 30.8 Å². The highest BCUT2D eigenvalue weighted by Gasteiger charge is 2.32. The Bertz CT molecular complexity index is 818. The van der Waals surface area contributed by atoms with Crippen LogP contribution in [-0.2, 0) is 6.42 Å². The van der Waals surface area contributed by atoms with Gasteiger partial charge in [-0.05, 0) is 55.0 Å². The number of benzene rings is 1. The van der Waals surface area contributed by atoms with Crippen molar-refractivity contribution in [3.63, 3.8) is 0 Å². The second kappa shape index (κ2) is 8.68. The number of nitrogens with zero attached hydrogens (tertiary/aromatic N) is 2. The summed E-state index contributed by atoms with van der Waals surface area (Å²) in [6, 6.07) is 7.66. The van der Waals surface area contributed by atoms with E-state index in [1.807, 2.05) is 0 Å². The number of alkyl halides is 3. The van der Waals surface area contributed by atoms with Gasteiger partial charge >= 0.3 is 12.4 Å². The van der Waals surface area contributed by atoms with Crippen LogP contribution in [0.1, 0.15) is 18.4 Å². The fraction of sp³-hybridized carbons (Fsp3) is 0.368. The van der Waals surface area contributed by atoms with E-state index >= 15 is 0 Å². The Morgan fingerprint density at radius 2 is 2.18 bits per heavy atom. The highest BCUT2D eigenvalue weighted by molar-refractivity contribution is 6.32. The lowest BCUT2D eigenvalue weighted by molar-refractivity contribution is -0.274. The molecule has 1 saturated heterocycles. The minimum Gasteiger partial charge on any atom is -0.404 e. The van der Waals surface area contributed by atoms with Gasteiger partial charge in [0, 0.05) is 19.3 Å². The zero-order chi connectivity index (χ0) is 20.1. The molecule has 9 heteroatoms. The van der Waals surface area contributed by atoms with Gasteiger partial charge in [-0.25, -0.2) is 4.79 Å². The molecule has 0 saturated carbocycles. The molecule has 1 N–H and O–H groups in total. The Morgan fingerprint density at radius 1 is 1.36 bits per heavy atom. The molecule has 150 valence electrons. The molecule has 1 aliphatic rings. The van der Waals surface area contributed by atoms with Crippen LogP contribution < -0.4 is 10.1 Å². The molecule has 28 heavy (non-hydrogen) atoms. The van der Waals surface area contributed by atoms with Crippen LogP contribution in [0.4, 0.5) is 23.7 Å². The Labute approximate surface area is 165 Å². The molecule has 1 unspecified atom stereocenters. The predicted molar refractivity (Wildman–Crippen MR) is 99.4 cm³/mol. The number of halogens is 4. The van der Waals surface area contributed by atoms with Crippen molar-refractivity contribution in [2.75, 3.05) is 18.4 Å². The monoisotopic (exact) mass is 413 g/mol. The SMILES string of the molecule is O=C(Nc1cccnc1)N1CCCC(Cc2ccc(Cl)c(OC(F)(F)F)c2)C1. The molecule has 2 aromatic rings. The molecule has 1 fully saturated rings. The van der Waals surface area contributed by atoms with Crippen molar-refractivity contribution in [3.05, 3.63) is 53.3 Å². The lowest BCUT2D eigenvalue weighted by Gasteiger charge is -2.33. The third kappa shape index (κ3) is 5.76. The summed E-state index contributed by atoms with van der Waals surface area (Å²) in [5.74, 6) is -0.276. The molecule has 2 heterocycles. The number of carbonyl (C=O) groups is 1. The number of ether oxygens (including phenoxy) is 1. The Morgan fingerprint density at radius 3 is 2.89 bits per heavy atom. The molecule has 0 aliphatic carbocycles. The summed E-state index contributed by atoms with van der Waals surface area (Å²) >= 11 is 5.80. The second-order valence-electron chi connectivity index (χ2n) is 6.64. The predicted octanol–water partition coefficient (Wildman–Crippen LogP) is 5.12. The molecule has 0 radical (unpaired) electrons. The van der Waals surface area contributed by atoms with Crippen LogP contribution in [0.2, 0.25) is 5.02 Å². The van der Waals surface area contributed by atoms with Gasteiger partial charge in [0.2, 0.25) is 0 Å². The van der Waals surface area contributed by atoms with Gasteiger partial charge in [0.15, 0.2) is 0 Å². The minimum absolute atomic E-state index is 0.0952. The quantitative estimate of drug-likeness (QED) is 0.756. The lowest BCUT2D eigenvalue weighted by Crippen LogP contribution is -2.42. The summed E-state index contributed by atoms with van der Waals surface area (Å²) < 4.78 is 41.5. The van der Waals surface area contributed by atoms with E-state index in [-0.39, 0.29) is 17.0 Å². The van der Waals surface area contributed by atoms with Gasteiger partial charge in [-0.15, -0.1) is 13.2 Å². The highest BCUT2D eigenvalue weighted by Crippen LogP contribution is 2.32. The van der Waals surface area contributed by atoms with Crippen LogP contribution in [-0.4, -0.2) is 35.4 Å². The van der Waals surface area contributed by atoms with Crippen LogP contribution >= 0.6 is 11.6 Å². The van der Waals surface area contributed by atoms with Crippen molar-refractivity contribution in [2.24, 2.45) is 5.92 Å². The lowest BCUT2D eigenvalue weighted by atomic mass is 9.91. The fourth-order valence-corrected chi connectivity index (χ4v) is 3.42. The summed E-state index contributed by atoms with van der Waals surface area (Å²) in [4.78, 5) is 18.1. The third-order valence-electron chi connectivity index (χ3n) is 4.46. The number of hydrogen-bond donors (Lipinski definition) is 1. The largest absolute Gasteiger partial charge is 0.573 e. The average molecular weight is 414 g/mol. The second-order valence-corrected chi connectivity index (χ2v) is 7.05. The Hall–Kier alpha value is -2.48. The maximum Gasteiger partial charge on any atom is 0.573 e. The van der Waals surface area contributed by atoms with Gasteiger partial charge in [-0.2, -0.15) is 0 Å². The summed E-state index contributed by atoms with van der Waals surface area (Å²) in [6.45, 7) is 1.15. The summed E-state index contributed by atoms with van der Waals surface area (Å²) in [5.41, 5.74) is 1.30. The number of hydrogen-bond acceptors (Lipinski definition) is 3. The van der Waals surface area contributed by atoms with Crippen molar-refractivity contribution >= 4 is 23.3 Å². The van der Waals surface area contributed by atoms with Crippen molar-refractivity contribution in [3.8, 4) is 5.75 Å². The minimum atomic E-state index is -4.80. The number of likely N-dealkylation sites (tertiary alicyclic amines) is 1. The molecule has 3 rings (SSSR count). The highest BCUT2D eigenvalue weighted by atomic mass is 35.5. The van der Waals surface area contributed by atoms with Crippen molar-refractivity contribution in [1.29, 1.82) is 0 Å². The number of anilines is 1. The standard InChI is InChI=1S/C19H19ClF3N3O2/c20-16-6-5-13(10-17(16)28-19(21,22)23)9-14-3-2-8-26(12-14)18(27)25-15-4-1-7-24-11-15/h1,4-7,10-11,14H,2-3,8-9,12H2,(H,25,27). The molecular formula is C19H19ClF3N3O2. The van der Waals surface area contributed by atoms with Gasteiger partial charge in [0.1, 0.15) is 5.75 Å². The van der Waals surface area contributed by atoms with E-state index in [0.717, 1.165) is 12.8 Å². The van der Waals surface area contributed by atoms with E-state index in [2.05, 4.69) is 15.0 Å². The number of amides is 2. The topological polar surface area (TPSA) is 54.5 Å². The first-order chi connectivity index (χ1) is 13.3. The summed E-state index contributed by atoms with van der Waals surface area (Å²) in [6.07, 6.45) is 0.625. The van der Waals surface area contributed by atoms with E-state index in [1.54, 1.807) is 35.5 Å². The van der Waals surface area contributed by atoms with Gasteiger partial charge in [0.25, 0.3) is 0 Å². The maximum atomic E-state index is 12.5. The van der Waals surface area contributed by atoms with Crippen LogP contribution in [0.15, 0.2) is 42.7 Å². The molecule has 1 aromatic heterocycles. The molecule has 0 bridgehead atoms. The van der Waals surface area contributed by atoms with Gasteiger partial charge in [0.05, 0.1) is 16.9 Å². The van der Waals surface area contributed by atoms with Crippen molar-refractivity contribution in [2.45, 2.75) is 25.6 Å². The number of carbonyl (C=O) groups excluding carboxylic acids is 1. The molecule has 1 atom stereocenters. The van der Waals surface area contributed by atoms with Crippen LogP contribution in [0.3, 0.4) is 0 Å². The van der Waals surface area contributed by atoms with E-state index in [1.165, 1.54) is 12.1 Å². The molecule has 5 nitrogen and oxygen atoms in total. The normalized spacial score (nSPS) is 17.3. The van der Waals surface area contributed by atoms with Gasteiger partial charge < -0.3 is 15.0 Å². The van der Waals surface area contributed by atoms with Gasteiger partial charge in [-0.3, -0.25) is 4.98 Å². The number of aromatic nitrogens is 1. The van der Waals surface area contributed by atoms with E-state index in [4.69, 9.17) is 11.6 Å². The number of piperidine rings is 1. The summed E-state index contributed by atoms with van der Waals surface area (Å²) in [7, 11) is 0. The zero-order valence-electron chi connectivity index (χ0n) is 14.9. The molecule has 0 spiro atoms. The summed E-state index contributed by atoms with van der Waals surface area (Å²) in [5, 5.41) is 2.71. The smallest absolute Gasteiger partial charge is 0.404 e. The van der Waals surface area contributed by atoms with E-state index in [9.17, 15) is 18.0 Å². The number of pyridine rings is 1. The number of nitrogens with one attached hydrogen (secondary N) is 1. The first-order valence-electron chi connectivity index (χ1n) is 8.80. The zero-order valence-corrected chi connectivity index (χ0v) is 15.6. The van der Waals surface area contributed by atoms with Crippen LogP contribution in [0, 0.1) is 5.92 Å². The van der Waals surface area contributed by atoms with Crippen LogP contribution in [0.25, 0.3) is 0 Å². The van der Waals surface area contributed by atoms with Crippen molar-refractivity contribution < 1.29 is 22.7 Å².